The zero-order chi connectivity index (χ0) is 23.1. The van der Waals surface area contributed by atoms with Crippen molar-refractivity contribution in [3.63, 3.8) is 0 Å². The maximum absolute atomic E-state index is 6.55. The third-order valence-electron chi connectivity index (χ3n) is 5.32. The lowest BCUT2D eigenvalue weighted by Gasteiger charge is -2.43. The van der Waals surface area contributed by atoms with Crippen LogP contribution in [0.4, 0.5) is 5.69 Å². The lowest BCUT2D eigenvalue weighted by molar-refractivity contribution is -0.0497. The average Bonchev–Trinajstić information content (AvgIpc) is 2.84. The van der Waals surface area contributed by atoms with Gasteiger partial charge in [0, 0.05) is 11.3 Å². The summed E-state index contributed by atoms with van der Waals surface area (Å²) in [7, 11) is 0. The Bertz CT molecular complexity index is 1100. The largest absolute Gasteiger partial charge is 0.494 e. The van der Waals surface area contributed by atoms with Gasteiger partial charge in [-0.25, -0.2) is 0 Å². The Morgan fingerprint density at radius 1 is 0.879 bits per heavy atom. The lowest BCUT2D eigenvalue weighted by Crippen LogP contribution is -2.57. The number of unbranched alkanes of at least 4 members (excludes halogenated alkanes) is 1. The highest BCUT2D eigenvalue weighted by atomic mass is 16.5. The molecule has 1 aliphatic heterocycles. The first kappa shape index (κ1) is 22.4. The Hall–Kier alpha value is -3.84. The third kappa shape index (κ3) is 4.99. The zero-order valence-corrected chi connectivity index (χ0v) is 18.7. The van der Waals surface area contributed by atoms with Crippen molar-refractivity contribution in [1.29, 1.82) is 0 Å². The van der Waals surface area contributed by atoms with Crippen LogP contribution in [0.5, 0.6) is 5.75 Å². The van der Waals surface area contributed by atoms with E-state index >= 15 is 0 Å². The number of para-hydroxylation sites is 1. The first-order chi connectivity index (χ1) is 16.1. The number of rotatable bonds is 9. The van der Waals surface area contributed by atoms with Gasteiger partial charge in [-0.15, -0.1) is 0 Å². The highest BCUT2D eigenvalue weighted by Crippen LogP contribution is 2.39. The smallest absolute Gasteiger partial charge is 0.277 e. The number of anilines is 1. The van der Waals surface area contributed by atoms with Gasteiger partial charge in [0.1, 0.15) is 5.75 Å². The maximum atomic E-state index is 6.55. The van der Waals surface area contributed by atoms with Gasteiger partial charge in [0.15, 0.2) is 0 Å². The number of guanidine groups is 2. The Labute approximate surface area is 194 Å². The Kier molecular flexibility index (Phi) is 6.90. The van der Waals surface area contributed by atoms with Crippen LogP contribution in [0.3, 0.4) is 0 Å². The SMILES string of the molecule is CCCCOc1ccc(C2(OCc3ccccc3)N=C(N)N=C(N)N2c2ccccc2)cc1. The fraction of sp³-hybridized carbons (Fsp3) is 0.231. The number of hydrogen-bond acceptors (Lipinski definition) is 7. The van der Waals surface area contributed by atoms with E-state index in [-0.39, 0.29) is 11.9 Å². The molecule has 4 N–H and O–H groups in total. The molecule has 1 atom stereocenters. The number of nitrogens with zero attached hydrogens (tertiary/aromatic N) is 3. The third-order valence-corrected chi connectivity index (χ3v) is 5.32. The normalized spacial score (nSPS) is 17.9. The molecule has 0 saturated carbocycles. The van der Waals surface area contributed by atoms with Crippen molar-refractivity contribution in [3.05, 3.63) is 96.1 Å². The molecular weight excluding hydrogens is 414 g/mol. The molecule has 0 radical (unpaired) electrons. The summed E-state index contributed by atoms with van der Waals surface area (Å²) in [5, 5.41) is 0. The molecule has 1 heterocycles. The van der Waals surface area contributed by atoms with Gasteiger partial charge in [0.2, 0.25) is 11.9 Å². The first-order valence-electron chi connectivity index (χ1n) is 11.1. The van der Waals surface area contributed by atoms with Crippen LogP contribution >= 0.6 is 0 Å². The number of hydrogen-bond donors (Lipinski definition) is 2. The van der Waals surface area contributed by atoms with Crippen LogP contribution in [0.25, 0.3) is 0 Å². The molecule has 0 saturated heterocycles. The van der Waals surface area contributed by atoms with E-state index < -0.39 is 5.85 Å². The summed E-state index contributed by atoms with van der Waals surface area (Å²) >= 11 is 0. The van der Waals surface area contributed by atoms with Crippen LogP contribution < -0.4 is 21.1 Å². The number of ether oxygens (including phenoxy) is 2. The molecule has 3 aromatic carbocycles. The minimum Gasteiger partial charge on any atom is -0.494 e. The van der Waals surface area contributed by atoms with E-state index in [9.17, 15) is 0 Å². The molecule has 0 bridgehead atoms. The summed E-state index contributed by atoms with van der Waals surface area (Å²) in [5.41, 5.74) is 15.1. The van der Waals surface area contributed by atoms with Crippen LogP contribution in [0, 0.1) is 0 Å². The fourth-order valence-corrected chi connectivity index (χ4v) is 3.67. The van der Waals surface area contributed by atoms with E-state index in [1.807, 2.05) is 84.9 Å². The number of nitrogens with two attached hydrogens (primary N) is 2. The summed E-state index contributed by atoms with van der Waals surface area (Å²) < 4.78 is 12.4. The zero-order valence-electron chi connectivity index (χ0n) is 18.7. The van der Waals surface area contributed by atoms with E-state index in [0.29, 0.717) is 13.2 Å². The Morgan fingerprint density at radius 2 is 1.55 bits per heavy atom. The summed E-state index contributed by atoms with van der Waals surface area (Å²) in [6.07, 6.45) is 2.08. The van der Waals surface area contributed by atoms with Crippen LogP contribution in [0.15, 0.2) is 94.9 Å². The minimum atomic E-state index is -1.34. The lowest BCUT2D eigenvalue weighted by atomic mass is 10.1. The summed E-state index contributed by atoms with van der Waals surface area (Å²) in [5.74, 6) is -0.304. The van der Waals surface area contributed by atoms with Crippen LogP contribution in [0.2, 0.25) is 0 Å². The Balaban J connectivity index is 1.77. The molecule has 0 aliphatic carbocycles. The summed E-state index contributed by atoms with van der Waals surface area (Å²) in [6, 6.07) is 27.2. The molecule has 0 spiro atoms. The molecule has 7 nitrogen and oxygen atoms in total. The topological polar surface area (TPSA) is 98.5 Å². The average molecular weight is 444 g/mol. The van der Waals surface area contributed by atoms with Gasteiger partial charge < -0.3 is 20.9 Å². The van der Waals surface area contributed by atoms with Crippen molar-refractivity contribution < 1.29 is 9.47 Å². The molecule has 3 aromatic rings. The van der Waals surface area contributed by atoms with E-state index in [0.717, 1.165) is 35.4 Å². The van der Waals surface area contributed by atoms with Gasteiger partial charge in [-0.1, -0.05) is 61.9 Å². The second-order valence-corrected chi connectivity index (χ2v) is 7.72. The van der Waals surface area contributed by atoms with Gasteiger partial charge in [-0.2, -0.15) is 9.98 Å². The predicted octanol–water partition coefficient (Wildman–Crippen LogP) is 4.34. The minimum absolute atomic E-state index is 0.0519. The molecule has 170 valence electrons. The van der Waals surface area contributed by atoms with Crippen LogP contribution in [-0.2, 0) is 17.2 Å². The molecule has 0 aromatic heterocycles. The van der Waals surface area contributed by atoms with Crippen LogP contribution in [0.1, 0.15) is 30.9 Å². The van der Waals surface area contributed by atoms with Gasteiger partial charge in [0.05, 0.1) is 13.2 Å². The highest BCUT2D eigenvalue weighted by Gasteiger charge is 2.45. The molecule has 0 fully saturated rings. The summed E-state index contributed by atoms with van der Waals surface area (Å²) in [4.78, 5) is 10.7. The second kappa shape index (κ2) is 10.2. The first-order valence-corrected chi connectivity index (χ1v) is 11.1. The van der Waals surface area contributed by atoms with E-state index in [2.05, 4.69) is 11.9 Å². The monoisotopic (exact) mass is 443 g/mol. The van der Waals surface area contributed by atoms with Gasteiger partial charge in [0.25, 0.3) is 5.85 Å². The molecule has 7 heteroatoms. The van der Waals surface area contributed by atoms with Crippen molar-refractivity contribution >= 4 is 17.6 Å². The number of aliphatic imine (C=N–C) groups is 2. The van der Waals surface area contributed by atoms with Gasteiger partial charge in [-0.05, 0) is 48.4 Å². The van der Waals surface area contributed by atoms with Crippen molar-refractivity contribution in [1.82, 2.24) is 0 Å². The van der Waals surface area contributed by atoms with Gasteiger partial charge in [-0.3, -0.25) is 4.90 Å². The molecule has 1 aliphatic rings. The Morgan fingerprint density at radius 3 is 2.21 bits per heavy atom. The van der Waals surface area contributed by atoms with E-state index in [1.165, 1.54) is 0 Å². The standard InChI is InChI=1S/C26H29N5O2/c1-2-3-18-32-23-16-14-21(15-17-23)26(33-19-20-10-6-4-7-11-20)30-24(27)29-25(28)31(26)22-12-8-5-9-13-22/h4-17H,2-3,18-19H2,1H3,(H4,27,28,29,30). The molecular formula is C26H29N5O2. The molecule has 33 heavy (non-hydrogen) atoms. The van der Waals surface area contributed by atoms with Crippen LogP contribution in [-0.4, -0.2) is 18.5 Å². The van der Waals surface area contributed by atoms with Crippen molar-refractivity contribution in [2.24, 2.45) is 21.5 Å². The quantitative estimate of drug-likeness (QED) is 0.479. The van der Waals surface area contributed by atoms with Gasteiger partial charge >= 0.3 is 0 Å². The van der Waals surface area contributed by atoms with Crippen molar-refractivity contribution in [2.45, 2.75) is 32.2 Å². The molecule has 1 unspecified atom stereocenters. The van der Waals surface area contributed by atoms with E-state index in [1.54, 1.807) is 4.90 Å². The number of benzene rings is 3. The maximum Gasteiger partial charge on any atom is 0.277 e. The van der Waals surface area contributed by atoms with Crippen molar-refractivity contribution in [3.8, 4) is 5.75 Å². The predicted molar refractivity (Wildman–Crippen MR) is 132 cm³/mol. The van der Waals surface area contributed by atoms with E-state index in [4.69, 9.17) is 25.9 Å². The fourth-order valence-electron chi connectivity index (χ4n) is 3.67. The molecule has 0 amide bonds. The molecule has 4 rings (SSSR count). The highest BCUT2D eigenvalue weighted by molar-refractivity contribution is 6.05. The van der Waals surface area contributed by atoms with Crippen molar-refractivity contribution in [2.75, 3.05) is 11.5 Å². The summed E-state index contributed by atoms with van der Waals surface area (Å²) in [6.45, 7) is 3.10. The second-order valence-electron chi connectivity index (χ2n) is 7.72.